The first kappa shape index (κ1) is 21.1. The van der Waals surface area contributed by atoms with Crippen LogP contribution < -0.4 is 4.74 Å². The molecule has 1 aromatic heterocycles. The highest BCUT2D eigenvalue weighted by molar-refractivity contribution is 5.96. The van der Waals surface area contributed by atoms with Gasteiger partial charge in [0.2, 0.25) is 0 Å². The van der Waals surface area contributed by atoms with Crippen LogP contribution in [0.2, 0.25) is 0 Å². The second kappa shape index (κ2) is 9.31. The van der Waals surface area contributed by atoms with Gasteiger partial charge in [-0.1, -0.05) is 18.2 Å². The SMILES string of the molecule is COC1CCN(C(=O)c2ccc3cccc(OC4CCN(C(C)C)CC4)c3n2)CC1. The molecule has 2 aromatic rings. The number of methoxy groups -OCH3 is 1. The molecule has 1 amide bonds. The van der Waals surface area contributed by atoms with Crippen molar-refractivity contribution in [3.05, 3.63) is 36.0 Å². The van der Waals surface area contributed by atoms with Crippen LogP contribution in [-0.4, -0.2) is 72.2 Å². The van der Waals surface area contributed by atoms with Crippen LogP contribution in [0.5, 0.6) is 5.75 Å². The van der Waals surface area contributed by atoms with Crippen molar-refractivity contribution in [2.75, 3.05) is 33.3 Å². The van der Waals surface area contributed by atoms with Crippen LogP contribution in [0.25, 0.3) is 10.9 Å². The maximum absolute atomic E-state index is 13.0. The number of hydrogen-bond donors (Lipinski definition) is 0. The molecule has 30 heavy (non-hydrogen) atoms. The van der Waals surface area contributed by atoms with Gasteiger partial charge in [-0.05, 0) is 51.7 Å². The Labute approximate surface area is 179 Å². The van der Waals surface area contributed by atoms with Gasteiger partial charge >= 0.3 is 0 Å². The lowest BCUT2D eigenvalue weighted by atomic mass is 10.1. The summed E-state index contributed by atoms with van der Waals surface area (Å²) < 4.78 is 11.8. The molecule has 2 aliphatic heterocycles. The molecule has 6 heteroatoms. The standard InChI is InChI=1S/C24H33N3O3/c1-17(2)26-13-11-20(12-14-26)30-22-6-4-5-18-7-8-21(25-23(18)22)24(28)27-15-9-19(29-3)10-16-27/h4-8,17,19-20H,9-16H2,1-3H3. The molecule has 0 atom stereocenters. The number of fused-ring (bicyclic) bond motifs is 1. The van der Waals surface area contributed by atoms with Gasteiger partial charge in [0.25, 0.3) is 5.91 Å². The number of piperidine rings is 2. The topological polar surface area (TPSA) is 54.9 Å². The highest BCUT2D eigenvalue weighted by Gasteiger charge is 2.25. The van der Waals surface area contributed by atoms with Crippen LogP contribution >= 0.6 is 0 Å². The number of likely N-dealkylation sites (tertiary alicyclic amines) is 2. The third kappa shape index (κ3) is 4.60. The zero-order chi connectivity index (χ0) is 21.1. The molecular formula is C24H33N3O3. The predicted octanol–water partition coefficient (Wildman–Crippen LogP) is 3.74. The van der Waals surface area contributed by atoms with Gasteiger partial charge in [-0.25, -0.2) is 4.98 Å². The molecule has 0 spiro atoms. The Morgan fingerprint density at radius 3 is 2.37 bits per heavy atom. The number of rotatable bonds is 5. The fourth-order valence-electron chi connectivity index (χ4n) is 4.48. The van der Waals surface area contributed by atoms with E-state index in [4.69, 9.17) is 14.5 Å². The van der Waals surface area contributed by atoms with Crippen molar-refractivity contribution < 1.29 is 14.3 Å². The van der Waals surface area contributed by atoms with Gasteiger partial charge in [0, 0.05) is 44.7 Å². The van der Waals surface area contributed by atoms with E-state index in [1.807, 2.05) is 35.2 Å². The van der Waals surface area contributed by atoms with Gasteiger partial charge in [0.1, 0.15) is 23.1 Å². The molecule has 162 valence electrons. The number of amides is 1. The lowest BCUT2D eigenvalue weighted by Gasteiger charge is -2.34. The largest absolute Gasteiger partial charge is 0.488 e. The average molecular weight is 412 g/mol. The van der Waals surface area contributed by atoms with Crippen LogP contribution in [-0.2, 0) is 4.74 Å². The van der Waals surface area contributed by atoms with Crippen molar-refractivity contribution in [3.8, 4) is 5.75 Å². The van der Waals surface area contributed by atoms with Crippen molar-refractivity contribution >= 4 is 16.8 Å². The molecule has 4 rings (SSSR count). The van der Waals surface area contributed by atoms with Gasteiger partial charge in [-0.15, -0.1) is 0 Å². The molecule has 0 bridgehead atoms. The van der Waals surface area contributed by atoms with E-state index in [9.17, 15) is 4.79 Å². The van der Waals surface area contributed by atoms with Crippen LogP contribution in [0.15, 0.2) is 30.3 Å². The number of benzene rings is 1. The lowest BCUT2D eigenvalue weighted by Crippen LogP contribution is -2.41. The maximum atomic E-state index is 13.0. The van der Waals surface area contributed by atoms with E-state index in [2.05, 4.69) is 18.7 Å². The van der Waals surface area contributed by atoms with Crippen LogP contribution in [0, 0.1) is 0 Å². The monoisotopic (exact) mass is 411 g/mol. The Morgan fingerprint density at radius 1 is 1.00 bits per heavy atom. The van der Waals surface area contributed by atoms with Gasteiger partial charge in [-0.3, -0.25) is 4.79 Å². The predicted molar refractivity (Wildman–Crippen MR) is 118 cm³/mol. The molecule has 2 fully saturated rings. The fraction of sp³-hybridized carbons (Fsp3) is 0.583. The summed E-state index contributed by atoms with van der Waals surface area (Å²) >= 11 is 0. The number of para-hydroxylation sites is 1. The normalized spacial score (nSPS) is 19.5. The van der Waals surface area contributed by atoms with E-state index >= 15 is 0 Å². The molecule has 0 unspecified atom stereocenters. The van der Waals surface area contributed by atoms with Crippen molar-refractivity contribution in [2.45, 2.75) is 57.8 Å². The molecule has 0 N–H and O–H groups in total. The average Bonchev–Trinajstić information content (AvgIpc) is 2.79. The summed E-state index contributed by atoms with van der Waals surface area (Å²) in [5, 5.41) is 1.00. The zero-order valence-corrected chi connectivity index (χ0v) is 18.3. The molecule has 1 aromatic carbocycles. The summed E-state index contributed by atoms with van der Waals surface area (Å²) in [5.74, 6) is 0.773. The van der Waals surface area contributed by atoms with E-state index in [0.717, 1.165) is 55.4 Å². The van der Waals surface area contributed by atoms with Gasteiger partial charge < -0.3 is 19.3 Å². The van der Waals surface area contributed by atoms with Crippen LogP contribution in [0.4, 0.5) is 0 Å². The second-order valence-corrected chi connectivity index (χ2v) is 8.70. The molecule has 6 nitrogen and oxygen atoms in total. The number of carbonyl (C=O) groups is 1. The smallest absolute Gasteiger partial charge is 0.272 e. The second-order valence-electron chi connectivity index (χ2n) is 8.70. The molecule has 0 saturated carbocycles. The van der Waals surface area contributed by atoms with E-state index in [1.54, 1.807) is 7.11 Å². The number of ether oxygens (including phenoxy) is 2. The highest BCUT2D eigenvalue weighted by atomic mass is 16.5. The number of aromatic nitrogens is 1. The minimum atomic E-state index is -0.00787. The Hall–Kier alpha value is -2.18. The zero-order valence-electron chi connectivity index (χ0n) is 18.3. The van der Waals surface area contributed by atoms with Crippen molar-refractivity contribution in [2.24, 2.45) is 0 Å². The van der Waals surface area contributed by atoms with Gasteiger partial charge in [-0.2, -0.15) is 0 Å². The quantitative estimate of drug-likeness (QED) is 0.750. The van der Waals surface area contributed by atoms with Gasteiger partial charge in [0.05, 0.1) is 6.10 Å². The lowest BCUT2D eigenvalue weighted by molar-refractivity contribution is 0.0348. The summed E-state index contributed by atoms with van der Waals surface area (Å²) in [5.41, 5.74) is 1.27. The van der Waals surface area contributed by atoms with Crippen LogP contribution in [0.1, 0.15) is 50.0 Å². The summed E-state index contributed by atoms with van der Waals surface area (Å²) in [6, 6.07) is 10.4. The molecule has 2 saturated heterocycles. The number of pyridine rings is 1. The number of hydrogen-bond acceptors (Lipinski definition) is 5. The van der Waals surface area contributed by atoms with Crippen molar-refractivity contribution in [3.63, 3.8) is 0 Å². The first-order chi connectivity index (χ1) is 14.5. The third-order valence-electron chi connectivity index (χ3n) is 6.47. The first-order valence-electron chi connectivity index (χ1n) is 11.2. The van der Waals surface area contributed by atoms with Gasteiger partial charge in [0.15, 0.2) is 0 Å². The molecule has 0 aliphatic carbocycles. The summed E-state index contributed by atoms with van der Waals surface area (Å²) in [7, 11) is 1.74. The minimum absolute atomic E-state index is 0.00787. The Bertz CT molecular complexity index is 869. The Balaban J connectivity index is 1.49. The molecular weight excluding hydrogens is 378 g/mol. The summed E-state index contributed by atoms with van der Waals surface area (Å²) in [6.45, 7) is 8.02. The maximum Gasteiger partial charge on any atom is 0.272 e. The number of nitrogens with zero attached hydrogens (tertiary/aromatic N) is 3. The Morgan fingerprint density at radius 2 is 1.70 bits per heavy atom. The Kier molecular flexibility index (Phi) is 6.54. The molecule has 0 radical (unpaired) electrons. The van der Waals surface area contributed by atoms with E-state index < -0.39 is 0 Å². The number of carbonyl (C=O) groups excluding carboxylic acids is 1. The highest BCUT2D eigenvalue weighted by Crippen LogP contribution is 2.28. The summed E-state index contributed by atoms with van der Waals surface area (Å²) in [6.07, 6.45) is 4.22. The minimum Gasteiger partial charge on any atom is -0.488 e. The van der Waals surface area contributed by atoms with Crippen molar-refractivity contribution in [1.29, 1.82) is 0 Å². The molecule has 2 aliphatic rings. The molecule has 3 heterocycles. The summed E-state index contributed by atoms with van der Waals surface area (Å²) in [4.78, 5) is 22.1. The third-order valence-corrected chi connectivity index (χ3v) is 6.47. The fourth-order valence-corrected chi connectivity index (χ4v) is 4.48. The van der Waals surface area contributed by atoms with Crippen LogP contribution in [0.3, 0.4) is 0 Å². The van der Waals surface area contributed by atoms with Crippen molar-refractivity contribution in [1.82, 2.24) is 14.8 Å². The van der Waals surface area contributed by atoms with E-state index in [1.165, 1.54) is 0 Å². The van der Waals surface area contributed by atoms with E-state index in [-0.39, 0.29) is 18.1 Å². The first-order valence-corrected chi connectivity index (χ1v) is 11.2. The van der Waals surface area contributed by atoms with E-state index in [0.29, 0.717) is 24.8 Å².